The van der Waals surface area contributed by atoms with Crippen molar-refractivity contribution in [3.63, 3.8) is 0 Å². The molecule has 1 aromatic heterocycles. The van der Waals surface area contributed by atoms with E-state index in [1.54, 1.807) is 0 Å². The first-order valence-electron chi connectivity index (χ1n) is 8.75. The fourth-order valence-electron chi connectivity index (χ4n) is 4.66. The fourth-order valence-corrected chi connectivity index (χ4v) is 4.66. The number of benzene rings is 1. The van der Waals surface area contributed by atoms with Crippen molar-refractivity contribution in [2.75, 3.05) is 6.54 Å². The van der Waals surface area contributed by atoms with Crippen molar-refractivity contribution in [1.82, 2.24) is 4.98 Å². The zero-order chi connectivity index (χ0) is 15.8. The minimum Gasteiger partial charge on any atom is -0.382 e. The van der Waals surface area contributed by atoms with Gasteiger partial charge in [-0.05, 0) is 41.9 Å². The number of nitrogens with zero attached hydrogens (tertiary/aromatic N) is 1. The highest BCUT2D eigenvalue weighted by Gasteiger charge is 2.44. The number of hydrogen-bond donors (Lipinski definition) is 2. The lowest BCUT2D eigenvalue weighted by Crippen LogP contribution is -2.90. The Labute approximate surface area is 137 Å². The predicted octanol–water partition coefficient (Wildman–Crippen LogP) is 2.43. The molecule has 0 spiro atoms. The number of fused-ring (bicyclic) bond motifs is 2. The lowest BCUT2D eigenvalue weighted by molar-refractivity contribution is -0.696. The molecule has 1 aliphatic heterocycles. The van der Waals surface area contributed by atoms with Crippen LogP contribution in [0.15, 0.2) is 49.2 Å². The highest BCUT2D eigenvalue weighted by Crippen LogP contribution is 2.46. The Bertz CT molecular complexity index is 708. The van der Waals surface area contributed by atoms with E-state index in [0.717, 1.165) is 41.3 Å². The molecule has 120 valence electrons. The lowest BCUT2D eigenvalue weighted by Gasteiger charge is -2.42. The van der Waals surface area contributed by atoms with Gasteiger partial charge in [0.05, 0.1) is 12.1 Å². The van der Waals surface area contributed by atoms with Gasteiger partial charge < -0.3 is 10.4 Å². The average molecular weight is 309 g/mol. The summed E-state index contributed by atoms with van der Waals surface area (Å²) in [4.78, 5) is 4.41. The standard InChI is InChI=1S/C20H24N2O/c1-2-13-11-14-12-19(22-9-7-15(13)14)20(23)17-8-10-21-18-6-4-3-5-16(17)18/h2-6,8,10,13-15,19-20,22-23H,1,7,9,11-12H2/p+1/t13-,14?,15?,19+,20-/m0/s1. The van der Waals surface area contributed by atoms with Crippen molar-refractivity contribution >= 4 is 10.9 Å². The number of para-hydroxylation sites is 1. The highest BCUT2D eigenvalue weighted by atomic mass is 16.3. The van der Waals surface area contributed by atoms with Crippen molar-refractivity contribution < 1.29 is 10.4 Å². The number of aliphatic hydroxyl groups is 1. The Kier molecular flexibility index (Phi) is 3.92. The monoisotopic (exact) mass is 309 g/mol. The number of hydrogen-bond acceptors (Lipinski definition) is 2. The number of rotatable bonds is 3. The Balaban J connectivity index is 1.59. The summed E-state index contributed by atoms with van der Waals surface area (Å²) in [7, 11) is 0. The van der Waals surface area contributed by atoms with Gasteiger partial charge in [0.1, 0.15) is 12.1 Å². The SMILES string of the molecule is C=C[C@H]1CC2C[C@H]([C@@H](O)c3ccnc4ccccc34)[NH2+]CCC21. The molecule has 3 heteroatoms. The molecule has 1 aliphatic carbocycles. The molecule has 2 aliphatic rings. The van der Waals surface area contributed by atoms with Gasteiger partial charge in [0, 0.05) is 24.4 Å². The van der Waals surface area contributed by atoms with E-state index < -0.39 is 6.10 Å². The average Bonchev–Trinajstić information content (AvgIpc) is 2.74. The third-order valence-electron chi connectivity index (χ3n) is 5.98. The van der Waals surface area contributed by atoms with Gasteiger partial charge in [0.2, 0.25) is 0 Å². The van der Waals surface area contributed by atoms with Gasteiger partial charge in [-0.15, -0.1) is 6.58 Å². The van der Waals surface area contributed by atoms with Crippen molar-refractivity contribution in [3.8, 4) is 0 Å². The number of pyridine rings is 1. The number of quaternary nitrogens is 1. The minimum atomic E-state index is -0.426. The Morgan fingerprint density at radius 2 is 2.13 bits per heavy atom. The van der Waals surface area contributed by atoms with Crippen LogP contribution in [0.5, 0.6) is 0 Å². The van der Waals surface area contributed by atoms with Gasteiger partial charge in [-0.3, -0.25) is 4.98 Å². The Morgan fingerprint density at radius 3 is 3.00 bits per heavy atom. The van der Waals surface area contributed by atoms with Gasteiger partial charge >= 0.3 is 0 Å². The molecule has 3 nitrogen and oxygen atoms in total. The van der Waals surface area contributed by atoms with E-state index in [4.69, 9.17) is 0 Å². The molecule has 2 fully saturated rings. The van der Waals surface area contributed by atoms with Crippen LogP contribution in [0.2, 0.25) is 0 Å². The second-order valence-corrected chi connectivity index (χ2v) is 7.13. The van der Waals surface area contributed by atoms with Gasteiger partial charge in [-0.2, -0.15) is 0 Å². The molecule has 1 saturated heterocycles. The van der Waals surface area contributed by atoms with Crippen LogP contribution >= 0.6 is 0 Å². The summed E-state index contributed by atoms with van der Waals surface area (Å²) in [6.45, 7) is 5.08. The molecule has 4 rings (SSSR count). The number of allylic oxidation sites excluding steroid dienone is 1. The first-order chi connectivity index (χ1) is 11.3. The zero-order valence-electron chi connectivity index (χ0n) is 13.4. The van der Waals surface area contributed by atoms with E-state index >= 15 is 0 Å². The van der Waals surface area contributed by atoms with E-state index in [1.807, 2.05) is 30.5 Å². The number of nitrogens with two attached hydrogens (primary N) is 1. The minimum absolute atomic E-state index is 0.251. The third kappa shape index (κ3) is 2.58. The van der Waals surface area contributed by atoms with Gasteiger partial charge in [-0.1, -0.05) is 24.3 Å². The molecule has 2 unspecified atom stereocenters. The largest absolute Gasteiger partial charge is 0.382 e. The molecular weight excluding hydrogens is 284 g/mol. The van der Waals surface area contributed by atoms with Crippen molar-refractivity contribution in [1.29, 1.82) is 0 Å². The van der Waals surface area contributed by atoms with E-state index in [9.17, 15) is 5.11 Å². The summed E-state index contributed by atoms with van der Waals surface area (Å²) in [5.41, 5.74) is 1.99. The van der Waals surface area contributed by atoms with Crippen LogP contribution in [-0.2, 0) is 0 Å². The smallest absolute Gasteiger partial charge is 0.131 e. The molecule has 2 heterocycles. The van der Waals surface area contributed by atoms with Crippen LogP contribution in [0.25, 0.3) is 10.9 Å². The molecule has 1 aromatic carbocycles. The summed E-state index contributed by atoms with van der Waals surface area (Å²) in [6, 6.07) is 10.3. The highest BCUT2D eigenvalue weighted by molar-refractivity contribution is 5.82. The van der Waals surface area contributed by atoms with Crippen molar-refractivity contribution in [3.05, 3.63) is 54.7 Å². The van der Waals surface area contributed by atoms with Crippen LogP contribution in [0.4, 0.5) is 0 Å². The quantitative estimate of drug-likeness (QED) is 0.856. The van der Waals surface area contributed by atoms with E-state index in [0.29, 0.717) is 5.92 Å². The first-order valence-corrected chi connectivity index (χ1v) is 8.75. The normalized spacial score (nSPS) is 31.7. The van der Waals surface area contributed by atoms with Gasteiger partial charge in [-0.25, -0.2) is 0 Å². The summed E-state index contributed by atoms with van der Waals surface area (Å²) < 4.78 is 0. The molecule has 3 N–H and O–H groups in total. The molecular formula is C20H25N2O+. The van der Waals surface area contributed by atoms with Crippen LogP contribution in [0.3, 0.4) is 0 Å². The zero-order valence-corrected chi connectivity index (χ0v) is 13.4. The molecule has 2 aromatic rings. The van der Waals surface area contributed by atoms with E-state index in [1.165, 1.54) is 12.8 Å². The number of aliphatic hydroxyl groups excluding tert-OH is 1. The maximum absolute atomic E-state index is 11.0. The predicted molar refractivity (Wildman–Crippen MR) is 91.8 cm³/mol. The van der Waals surface area contributed by atoms with Gasteiger partial charge in [0.25, 0.3) is 0 Å². The molecule has 0 radical (unpaired) electrons. The van der Waals surface area contributed by atoms with Gasteiger partial charge in [0.15, 0.2) is 0 Å². The van der Waals surface area contributed by atoms with E-state index in [2.05, 4.69) is 29.0 Å². The van der Waals surface area contributed by atoms with Crippen molar-refractivity contribution in [2.24, 2.45) is 17.8 Å². The van der Waals surface area contributed by atoms with Crippen LogP contribution in [0.1, 0.15) is 30.9 Å². The molecule has 5 atom stereocenters. The first kappa shape index (κ1) is 14.9. The second-order valence-electron chi connectivity index (χ2n) is 7.13. The van der Waals surface area contributed by atoms with Crippen LogP contribution in [0, 0.1) is 17.8 Å². The summed E-state index contributed by atoms with van der Waals surface area (Å²) in [5.74, 6) is 2.24. The lowest BCUT2D eigenvalue weighted by atomic mass is 9.62. The Hall–Kier alpha value is -1.71. The maximum atomic E-state index is 11.0. The maximum Gasteiger partial charge on any atom is 0.131 e. The van der Waals surface area contributed by atoms with E-state index in [-0.39, 0.29) is 6.04 Å². The summed E-state index contributed by atoms with van der Waals surface area (Å²) in [5, 5.41) is 14.5. The summed E-state index contributed by atoms with van der Waals surface area (Å²) >= 11 is 0. The fraction of sp³-hybridized carbons (Fsp3) is 0.450. The molecule has 0 amide bonds. The van der Waals surface area contributed by atoms with Crippen LogP contribution in [-0.4, -0.2) is 22.7 Å². The second kappa shape index (κ2) is 6.06. The molecule has 23 heavy (non-hydrogen) atoms. The summed E-state index contributed by atoms with van der Waals surface area (Å²) in [6.07, 6.45) is 7.13. The van der Waals surface area contributed by atoms with Crippen molar-refractivity contribution in [2.45, 2.75) is 31.4 Å². The van der Waals surface area contributed by atoms with Crippen LogP contribution < -0.4 is 5.32 Å². The topological polar surface area (TPSA) is 49.7 Å². The molecule has 0 bridgehead atoms. The third-order valence-corrected chi connectivity index (χ3v) is 5.98. The number of aromatic nitrogens is 1. The molecule has 1 saturated carbocycles. The Morgan fingerprint density at radius 1 is 1.26 bits per heavy atom.